The maximum atomic E-state index is 12.8. The second kappa shape index (κ2) is 9.97. The summed E-state index contributed by atoms with van der Waals surface area (Å²) in [6, 6.07) is 13.2. The van der Waals surface area contributed by atoms with Crippen molar-refractivity contribution in [3.05, 3.63) is 70.8 Å². The average Bonchev–Trinajstić information content (AvgIpc) is 2.66. The highest BCUT2D eigenvalue weighted by atomic mass is 19.4. The molecule has 0 bridgehead atoms. The van der Waals surface area contributed by atoms with Gasteiger partial charge in [-0.1, -0.05) is 36.4 Å². The van der Waals surface area contributed by atoms with Gasteiger partial charge in [-0.2, -0.15) is 13.2 Å². The van der Waals surface area contributed by atoms with Gasteiger partial charge < -0.3 is 15.4 Å². The number of benzene rings is 2. The maximum Gasteiger partial charge on any atom is 0.416 e. The number of aliphatic imine (C=N–C) groups is 1. The molecule has 4 nitrogen and oxygen atoms in total. The van der Waals surface area contributed by atoms with Crippen LogP contribution in [0.15, 0.2) is 53.5 Å². The Morgan fingerprint density at radius 2 is 1.70 bits per heavy atom. The number of ether oxygens (including phenoxy) is 1. The van der Waals surface area contributed by atoms with Gasteiger partial charge in [0.2, 0.25) is 0 Å². The third-order valence-electron chi connectivity index (χ3n) is 3.96. The Morgan fingerprint density at radius 1 is 1.00 bits per heavy atom. The van der Waals surface area contributed by atoms with E-state index in [4.69, 9.17) is 4.74 Å². The fourth-order valence-electron chi connectivity index (χ4n) is 2.53. The van der Waals surface area contributed by atoms with Gasteiger partial charge in [-0.25, -0.2) is 0 Å². The van der Waals surface area contributed by atoms with Crippen LogP contribution in [0, 0.1) is 0 Å². The van der Waals surface area contributed by atoms with Crippen molar-refractivity contribution in [3.8, 4) is 0 Å². The summed E-state index contributed by atoms with van der Waals surface area (Å²) >= 11 is 0. The number of halogens is 3. The van der Waals surface area contributed by atoms with Crippen molar-refractivity contribution in [2.24, 2.45) is 4.99 Å². The molecule has 0 aliphatic heterocycles. The molecule has 0 radical (unpaired) electrons. The number of alkyl halides is 3. The number of guanidine groups is 1. The first kappa shape index (κ1) is 20.8. The van der Waals surface area contributed by atoms with Crippen molar-refractivity contribution in [1.82, 2.24) is 10.6 Å². The SMILES string of the molecule is CCOCc1ccccc1CNC(=NC)NCc1cccc(C(F)(F)F)c1. The molecule has 0 atom stereocenters. The Kier molecular flexibility index (Phi) is 7.67. The van der Waals surface area contributed by atoms with Gasteiger partial charge in [0.1, 0.15) is 0 Å². The highest BCUT2D eigenvalue weighted by Gasteiger charge is 2.30. The number of hydrogen-bond acceptors (Lipinski definition) is 2. The van der Waals surface area contributed by atoms with Gasteiger partial charge in [0.05, 0.1) is 12.2 Å². The van der Waals surface area contributed by atoms with Gasteiger partial charge in [0.15, 0.2) is 5.96 Å². The molecule has 146 valence electrons. The molecule has 0 aliphatic rings. The number of hydrogen-bond donors (Lipinski definition) is 2. The smallest absolute Gasteiger partial charge is 0.377 e. The van der Waals surface area contributed by atoms with Crippen molar-refractivity contribution in [2.75, 3.05) is 13.7 Å². The largest absolute Gasteiger partial charge is 0.416 e. The zero-order valence-electron chi connectivity index (χ0n) is 15.4. The van der Waals surface area contributed by atoms with E-state index in [1.54, 1.807) is 13.1 Å². The Bertz CT molecular complexity index is 760. The van der Waals surface area contributed by atoms with Crippen LogP contribution >= 0.6 is 0 Å². The number of rotatable bonds is 7. The molecular weight excluding hydrogens is 355 g/mol. The lowest BCUT2D eigenvalue weighted by Crippen LogP contribution is -2.36. The molecule has 0 aliphatic carbocycles. The van der Waals surface area contributed by atoms with E-state index in [1.165, 1.54) is 6.07 Å². The molecule has 2 aromatic rings. The summed E-state index contributed by atoms with van der Waals surface area (Å²) in [5.74, 6) is 0.513. The van der Waals surface area contributed by atoms with E-state index in [1.807, 2.05) is 31.2 Å². The standard InChI is InChI=1S/C20H24F3N3O/c1-3-27-14-17-9-5-4-8-16(17)13-26-19(24-2)25-12-15-7-6-10-18(11-15)20(21,22)23/h4-11H,3,12-14H2,1-2H3,(H2,24,25,26). The third kappa shape index (κ3) is 6.60. The van der Waals surface area contributed by atoms with Crippen LogP contribution in [0.2, 0.25) is 0 Å². The van der Waals surface area contributed by atoms with Crippen LogP contribution in [0.5, 0.6) is 0 Å². The molecule has 27 heavy (non-hydrogen) atoms. The predicted octanol–water partition coefficient (Wildman–Crippen LogP) is 4.11. The van der Waals surface area contributed by atoms with Gasteiger partial charge >= 0.3 is 6.18 Å². The highest BCUT2D eigenvalue weighted by Crippen LogP contribution is 2.29. The summed E-state index contributed by atoms with van der Waals surface area (Å²) in [4.78, 5) is 4.12. The minimum atomic E-state index is -4.35. The van der Waals surface area contributed by atoms with Crippen molar-refractivity contribution in [2.45, 2.75) is 32.8 Å². The monoisotopic (exact) mass is 379 g/mol. The Balaban J connectivity index is 1.94. The van der Waals surface area contributed by atoms with Crippen LogP contribution in [-0.4, -0.2) is 19.6 Å². The molecule has 0 aromatic heterocycles. The molecule has 2 rings (SSSR count). The van der Waals surface area contributed by atoms with Crippen LogP contribution < -0.4 is 10.6 Å². The third-order valence-corrected chi connectivity index (χ3v) is 3.96. The highest BCUT2D eigenvalue weighted by molar-refractivity contribution is 5.79. The van der Waals surface area contributed by atoms with Gasteiger partial charge in [0, 0.05) is 26.7 Å². The molecule has 0 saturated carbocycles. The van der Waals surface area contributed by atoms with Gasteiger partial charge in [-0.3, -0.25) is 4.99 Å². The van der Waals surface area contributed by atoms with Gasteiger partial charge in [-0.05, 0) is 35.7 Å². The summed E-state index contributed by atoms with van der Waals surface area (Å²) < 4.78 is 43.9. The topological polar surface area (TPSA) is 45.6 Å². The minimum Gasteiger partial charge on any atom is -0.377 e. The lowest BCUT2D eigenvalue weighted by Gasteiger charge is -2.15. The van der Waals surface area contributed by atoms with Crippen LogP contribution in [0.3, 0.4) is 0 Å². The Hall–Kier alpha value is -2.54. The van der Waals surface area contributed by atoms with E-state index in [-0.39, 0.29) is 6.54 Å². The lowest BCUT2D eigenvalue weighted by molar-refractivity contribution is -0.137. The van der Waals surface area contributed by atoms with Crippen molar-refractivity contribution >= 4 is 5.96 Å². The predicted molar refractivity (Wildman–Crippen MR) is 100 cm³/mol. The van der Waals surface area contributed by atoms with Crippen LogP contribution in [0.1, 0.15) is 29.2 Å². The fourth-order valence-corrected chi connectivity index (χ4v) is 2.53. The quantitative estimate of drug-likeness (QED) is 0.562. The van der Waals surface area contributed by atoms with E-state index < -0.39 is 11.7 Å². The summed E-state index contributed by atoms with van der Waals surface area (Å²) in [7, 11) is 1.62. The van der Waals surface area contributed by atoms with Crippen molar-refractivity contribution in [3.63, 3.8) is 0 Å². The first-order chi connectivity index (χ1) is 12.9. The lowest BCUT2D eigenvalue weighted by atomic mass is 10.1. The van der Waals surface area contributed by atoms with Crippen LogP contribution in [0.4, 0.5) is 13.2 Å². The molecular formula is C20H24F3N3O. The van der Waals surface area contributed by atoms with Crippen molar-refractivity contribution < 1.29 is 17.9 Å². The summed E-state index contributed by atoms with van der Waals surface area (Å²) in [5, 5.41) is 6.22. The fraction of sp³-hybridized carbons (Fsp3) is 0.350. The average molecular weight is 379 g/mol. The molecule has 0 fully saturated rings. The molecule has 0 amide bonds. The Morgan fingerprint density at radius 3 is 2.37 bits per heavy atom. The number of nitrogens with zero attached hydrogens (tertiary/aromatic N) is 1. The maximum absolute atomic E-state index is 12.8. The van der Waals surface area contributed by atoms with E-state index >= 15 is 0 Å². The molecule has 0 unspecified atom stereocenters. The molecule has 0 spiro atoms. The normalized spacial score (nSPS) is 12.1. The van der Waals surface area contributed by atoms with Crippen molar-refractivity contribution in [1.29, 1.82) is 0 Å². The first-order valence-corrected chi connectivity index (χ1v) is 8.69. The Labute approximate surface area is 157 Å². The number of nitrogens with one attached hydrogen (secondary N) is 2. The van der Waals surface area contributed by atoms with Gasteiger partial charge in [-0.15, -0.1) is 0 Å². The second-order valence-corrected chi connectivity index (χ2v) is 5.88. The summed E-state index contributed by atoms with van der Waals surface area (Å²) in [5.41, 5.74) is 2.03. The second-order valence-electron chi connectivity index (χ2n) is 5.88. The molecule has 2 N–H and O–H groups in total. The summed E-state index contributed by atoms with van der Waals surface area (Å²) in [6.07, 6.45) is -4.35. The molecule has 7 heteroatoms. The molecule has 0 saturated heterocycles. The minimum absolute atomic E-state index is 0.240. The van der Waals surface area contributed by atoms with Crippen LogP contribution in [-0.2, 0) is 30.6 Å². The van der Waals surface area contributed by atoms with Crippen LogP contribution in [0.25, 0.3) is 0 Å². The zero-order chi connectivity index (χ0) is 19.7. The van der Waals surface area contributed by atoms with E-state index in [9.17, 15) is 13.2 Å². The van der Waals surface area contributed by atoms with E-state index in [0.717, 1.165) is 23.3 Å². The molecule has 0 heterocycles. The van der Waals surface area contributed by atoms with E-state index in [2.05, 4.69) is 15.6 Å². The zero-order valence-corrected chi connectivity index (χ0v) is 15.4. The van der Waals surface area contributed by atoms with Gasteiger partial charge in [0.25, 0.3) is 0 Å². The van der Waals surface area contributed by atoms with E-state index in [0.29, 0.717) is 31.3 Å². The first-order valence-electron chi connectivity index (χ1n) is 8.69. The molecule has 2 aromatic carbocycles. The summed E-state index contributed by atoms with van der Waals surface area (Å²) in [6.45, 7) is 3.89.